The van der Waals surface area contributed by atoms with Crippen molar-refractivity contribution in [2.24, 2.45) is 0 Å². The topological polar surface area (TPSA) is 37.3 Å². The minimum absolute atomic E-state index is 0.0168. The zero-order valence-electron chi connectivity index (χ0n) is 9.68. The molecule has 0 atom stereocenters. The van der Waals surface area contributed by atoms with Gasteiger partial charge in [-0.05, 0) is 25.7 Å². The van der Waals surface area contributed by atoms with Crippen LogP contribution in [0.2, 0.25) is 0 Å². The monoisotopic (exact) mass is 216 g/mol. The lowest BCUT2D eigenvalue weighted by Gasteiger charge is -2.04. The van der Waals surface area contributed by atoms with Gasteiger partial charge in [-0.25, -0.2) is 9.18 Å². The summed E-state index contributed by atoms with van der Waals surface area (Å²) < 4.78 is 13.4. The third-order valence-electron chi connectivity index (χ3n) is 2.37. The second-order valence-electron chi connectivity index (χ2n) is 3.75. The number of carboxylic acid groups (broad SMARTS) is 1. The highest BCUT2D eigenvalue weighted by Crippen LogP contribution is 2.19. The van der Waals surface area contributed by atoms with Gasteiger partial charge in [0.1, 0.15) is 5.83 Å². The van der Waals surface area contributed by atoms with Crippen LogP contribution in [0, 0.1) is 0 Å². The summed E-state index contributed by atoms with van der Waals surface area (Å²) in [6.07, 6.45) is 4.97. The molecule has 0 saturated heterocycles. The lowest BCUT2D eigenvalue weighted by molar-refractivity contribution is -0.133. The van der Waals surface area contributed by atoms with Crippen LogP contribution in [-0.4, -0.2) is 11.1 Å². The lowest BCUT2D eigenvalue weighted by Crippen LogP contribution is -2.03. The van der Waals surface area contributed by atoms with Crippen molar-refractivity contribution in [3.05, 3.63) is 11.4 Å². The fourth-order valence-electron chi connectivity index (χ4n) is 1.39. The number of allylic oxidation sites excluding steroid dienone is 1. The fourth-order valence-corrected chi connectivity index (χ4v) is 1.39. The first kappa shape index (κ1) is 14.1. The van der Waals surface area contributed by atoms with E-state index in [4.69, 9.17) is 5.11 Å². The van der Waals surface area contributed by atoms with Crippen LogP contribution in [0.25, 0.3) is 0 Å². The number of hydrogen-bond acceptors (Lipinski definition) is 1. The highest BCUT2D eigenvalue weighted by molar-refractivity contribution is 5.87. The zero-order valence-corrected chi connectivity index (χ0v) is 9.68. The Hall–Kier alpha value is -0.860. The van der Waals surface area contributed by atoms with Crippen LogP contribution in [0.5, 0.6) is 0 Å². The maximum absolute atomic E-state index is 13.4. The second kappa shape index (κ2) is 8.45. The molecule has 1 N–H and O–H groups in total. The third kappa shape index (κ3) is 6.26. The Morgan fingerprint density at radius 3 is 2.13 bits per heavy atom. The molecule has 0 fully saturated rings. The first-order valence-corrected chi connectivity index (χ1v) is 5.74. The van der Waals surface area contributed by atoms with Gasteiger partial charge in [0.2, 0.25) is 0 Å². The molecule has 0 aromatic heterocycles. The van der Waals surface area contributed by atoms with Gasteiger partial charge in [-0.3, -0.25) is 0 Å². The average Bonchev–Trinajstić information content (AvgIpc) is 2.20. The van der Waals surface area contributed by atoms with E-state index in [-0.39, 0.29) is 12.0 Å². The van der Waals surface area contributed by atoms with Crippen LogP contribution in [0.4, 0.5) is 4.39 Å². The molecule has 0 spiro atoms. The standard InChI is InChI=1S/C12H21FO2/c1-3-5-7-8-10(12(14)15)11(13)9-6-4-2/h3-9H2,1-2H3,(H,14,15)/b11-10+. The second-order valence-corrected chi connectivity index (χ2v) is 3.75. The molecule has 0 aromatic carbocycles. The van der Waals surface area contributed by atoms with Crippen molar-refractivity contribution in [1.29, 1.82) is 0 Å². The van der Waals surface area contributed by atoms with E-state index >= 15 is 0 Å². The summed E-state index contributed by atoms with van der Waals surface area (Å²) in [5.41, 5.74) is -0.0168. The molecular formula is C12H21FO2. The summed E-state index contributed by atoms with van der Waals surface area (Å²) >= 11 is 0. The molecule has 0 aromatic rings. The van der Waals surface area contributed by atoms with E-state index in [1.54, 1.807) is 0 Å². The van der Waals surface area contributed by atoms with E-state index in [0.717, 1.165) is 32.1 Å². The van der Waals surface area contributed by atoms with Crippen molar-refractivity contribution in [3.63, 3.8) is 0 Å². The Kier molecular flexibility index (Phi) is 7.96. The van der Waals surface area contributed by atoms with E-state index in [2.05, 4.69) is 0 Å². The number of aliphatic carboxylic acids is 1. The quantitative estimate of drug-likeness (QED) is 0.490. The Balaban J connectivity index is 4.27. The van der Waals surface area contributed by atoms with Crippen molar-refractivity contribution in [2.75, 3.05) is 0 Å². The van der Waals surface area contributed by atoms with Gasteiger partial charge >= 0.3 is 5.97 Å². The molecule has 0 radical (unpaired) electrons. The minimum atomic E-state index is -1.10. The largest absolute Gasteiger partial charge is 0.478 e. The predicted octanol–water partition coefficient (Wildman–Crippen LogP) is 4.07. The average molecular weight is 216 g/mol. The Bertz CT molecular complexity index is 222. The van der Waals surface area contributed by atoms with Gasteiger partial charge < -0.3 is 5.11 Å². The molecule has 0 amide bonds. The number of rotatable bonds is 8. The molecule has 0 aliphatic heterocycles. The molecule has 0 bridgehead atoms. The maximum atomic E-state index is 13.4. The van der Waals surface area contributed by atoms with E-state index < -0.39 is 11.8 Å². The molecule has 88 valence electrons. The molecule has 0 unspecified atom stereocenters. The van der Waals surface area contributed by atoms with Crippen LogP contribution < -0.4 is 0 Å². The van der Waals surface area contributed by atoms with Gasteiger partial charge in [-0.2, -0.15) is 0 Å². The molecule has 2 nitrogen and oxygen atoms in total. The predicted molar refractivity (Wildman–Crippen MR) is 59.4 cm³/mol. The van der Waals surface area contributed by atoms with Crippen LogP contribution in [0.1, 0.15) is 58.8 Å². The normalized spacial score (nSPS) is 12.5. The maximum Gasteiger partial charge on any atom is 0.334 e. The highest BCUT2D eigenvalue weighted by Gasteiger charge is 2.13. The third-order valence-corrected chi connectivity index (χ3v) is 2.37. The molecular weight excluding hydrogens is 195 g/mol. The summed E-state index contributed by atoms with van der Waals surface area (Å²) in [5.74, 6) is -1.53. The molecule has 3 heteroatoms. The van der Waals surface area contributed by atoms with Crippen LogP contribution in [0.15, 0.2) is 11.4 Å². The summed E-state index contributed by atoms with van der Waals surface area (Å²) in [7, 11) is 0. The molecule has 0 rings (SSSR count). The van der Waals surface area contributed by atoms with Gasteiger partial charge in [0.25, 0.3) is 0 Å². The van der Waals surface area contributed by atoms with E-state index in [9.17, 15) is 9.18 Å². The van der Waals surface area contributed by atoms with Gasteiger partial charge in [0.15, 0.2) is 0 Å². The van der Waals surface area contributed by atoms with Crippen molar-refractivity contribution in [2.45, 2.75) is 58.8 Å². The smallest absolute Gasteiger partial charge is 0.334 e. The summed E-state index contributed by atoms with van der Waals surface area (Å²) in [5, 5.41) is 8.84. The van der Waals surface area contributed by atoms with Crippen molar-refractivity contribution >= 4 is 5.97 Å². The van der Waals surface area contributed by atoms with Gasteiger partial charge in [-0.15, -0.1) is 0 Å². The Morgan fingerprint density at radius 2 is 1.67 bits per heavy atom. The Morgan fingerprint density at radius 1 is 1.07 bits per heavy atom. The van der Waals surface area contributed by atoms with E-state index in [1.807, 2.05) is 13.8 Å². The minimum Gasteiger partial charge on any atom is -0.478 e. The number of hydrogen-bond donors (Lipinski definition) is 1. The molecule has 0 saturated carbocycles. The van der Waals surface area contributed by atoms with E-state index in [1.165, 1.54) is 0 Å². The van der Waals surface area contributed by atoms with Crippen molar-refractivity contribution in [1.82, 2.24) is 0 Å². The number of carbonyl (C=O) groups is 1. The molecule has 0 aliphatic rings. The summed E-state index contributed by atoms with van der Waals surface area (Å²) in [4.78, 5) is 10.8. The zero-order chi connectivity index (χ0) is 11.7. The first-order chi connectivity index (χ1) is 7.13. The van der Waals surface area contributed by atoms with Crippen LogP contribution >= 0.6 is 0 Å². The van der Waals surface area contributed by atoms with E-state index in [0.29, 0.717) is 6.42 Å². The molecule has 0 heterocycles. The van der Waals surface area contributed by atoms with Crippen molar-refractivity contribution in [3.8, 4) is 0 Å². The summed E-state index contributed by atoms with van der Waals surface area (Å²) in [6.45, 7) is 4.00. The number of unbranched alkanes of at least 4 members (excludes halogenated alkanes) is 3. The van der Waals surface area contributed by atoms with Gasteiger partial charge in [0, 0.05) is 0 Å². The highest BCUT2D eigenvalue weighted by atomic mass is 19.1. The lowest BCUT2D eigenvalue weighted by atomic mass is 10.0. The van der Waals surface area contributed by atoms with Crippen molar-refractivity contribution < 1.29 is 14.3 Å². The number of halogens is 1. The van der Waals surface area contributed by atoms with Gasteiger partial charge in [-0.1, -0.05) is 33.1 Å². The molecule has 0 aliphatic carbocycles. The Labute approximate surface area is 91.2 Å². The van der Waals surface area contributed by atoms with Crippen LogP contribution in [0.3, 0.4) is 0 Å². The van der Waals surface area contributed by atoms with Crippen LogP contribution in [-0.2, 0) is 4.79 Å². The van der Waals surface area contributed by atoms with Gasteiger partial charge in [0.05, 0.1) is 5.57 Å². The SMILES string of the molecule is CCCCC/C(C(=O)O)=C(\F)CCCC. The summed E-state index contributed by atoms with van der Waals surface area (Å²) in [6, 6.07) is 0. The fraction of sp³-hybridized carbons (Fsp3) is 0.750. The first-order valence-electron chi connectivity index (χ1n) is 5.74. The number of carboxylic acids is 1. The molecule has 15 heavy (non-hydrogen) atoms.